The van der Waals surface area contributed by atoms with Crippen LogP contribution in [-0.4, -0.2) is 11.6 Å². The molecule has 0 aliphatic carbocycles. The van der Waals surface area contributed by atoms with Crippen molar-refractivity contribution in [2.24, 2.45) is 0 Å². The molecule has 0 aliphatic heterocycles. The molecule has 90 valence electrons. The molecule has 2 aromatic rings. The summed E-state index contributed by atoms with van der Waals surface area (Å²) < 4.78 is 28.2. The third kappa shape index (κ3) is 2.83. The molecule has 0 aliphatic rings. The van der Waals surface area contributed by atoms with Crippen molar-refractivity contribution < 1.29 is 13.5 Å². The highest BCUT2D eigenvalue weighted by Gasteiger charge is 2.04. The Morgan fingerprint density at radius 3 is 2.33 bits per heavy atom. The Morgan fingerprint density at radius 2 is 1.83 bits per heavy atom. The molecule has 1 heterocycles. The van der Waals surface area contributed by atoms with E-state index >= 15 is 0 Å². The number of hydrogen-bond donors (Lipinski definition) is 0. The number of alkyl halides is 2. The topological polar surface area (TPSA) is 22.1 Å². The number of benzene rings is 1. The first-order valence-electron chi connectivity index (χ1n) is 5.17. The minimum absolute atomic E-state index is 0.119. The van der Waals surface area contributed by atoms with E-state index in [2.05, 4.69) is 15.6 Å². The molecule has 0 spiro atoms. The van der Waals surface area contributed by atoms with Crippen LogP contribution in [0.4, 0.5) is 8.78 Å². The van der Waals surface area contributed by atoms with Crippen molar-refractivity contribution in [2.45, 2.75) is 6.61 Å². The molecule has 0 unspecified atom stereocenters. The van der Waals surface area contributed by atoms with Crippen LogP contribution in [0.1, 0.15) is 5.56 Å². The highest BCUT2D eigenvalue weighted by Crippen LogP contribution is 2.21. The van der Waals surface area contributed by atoms with Crippen LogP contribution in [0.3, 0.4) is 0 Å². The van der Waals surface area contributed by atoms with Gasteiger partial charge in [0.2, 0.25) is 0 Å². The molecule has 0 N–H and O–H groups in total. The lowest BCUT2D eigenvalue weighted by Crippen LogP contribution is -2.01. The summed E-state index contributed by atoms with van der Waals surface area (Å²) in [5.41, 5.74) is 2.22. The van der Waals surface area contributed by atoms with E-state index in [1.807, 2.05) is 0 Å². The predicted octanol–water partition coefficient (Wildman–Crippen LogP) is 3.33. The summed E-state index contributed by atoms with van der Waals surface area (Å²) in [7, 11) is 0. The second-order valence-corrected chi connectivity index (χ2v) is 3.48. The molecule has 2 nitrogen and oxygen atoms in total. The van der Waals surface area contributed by atoms with E-state index in [4.69, 9.17) is 6.42 Å². The van der Waals surface area contributed by atoms with Crippen molar-refractivity contribution in [1.82, 2.24) is 4.98 Å². The fourth-order valence-corrected chi connectivity index (χ4v) is 1.46. The fraction of sp³-hybridized carbons (Fsp3) is 0.0714. The molecule has 0 bridgehead atoms. The molecule has 18 heavy (non-hydrogen) atoms. The second-order valence-electron chi connectivity index (χ2n) is 3.48. The van der Waals surface area contributed by atoms with Crippen LogP contribution in [0.25, 0.3) is 11.3 Å². The molecule has 0 saturated heterocycles. The molecule has 0 saturated carbocycles. The zero-order valence-corrected chi connectivity index (χ0v) is 9.31. The van der Waals surface area contributed by atoms with Crippen molar-refractivity contribution in [2.75, 3.05) is 0 Å². The zero-order valence-electron chi connectivity index (χ0n) is 9.31. The van der Waals surface area contributed by atoms with E-state index in [0.29, 0.717) is 5.56 Å². The maximum Gasteiger partial charge on any atom is 0.387 e. The SMILES string of the molecule is C#Cc1ccc(-c2ccc(OC(F)F)cc2)nc1. The van der Waals surface area contributed by atoms with E-state index in [9.17, 15) is 8.78 Å². The average molecular weight is 245 g/mol. The van der Waals surface area contributed by atoms with Gasteiger partial charge in [-0.1, -0.05) is 5.92 Å². The first kappa shape index (κ1) is 12.1. The molecule has 4 heteroatoms. The third-order valence-corrected chi connectivity index (χ3v) is 2.31. The highest BCUT2D eigenvalue weighted by atomic mass is 19.3. The minimum atomic E-state index is -2.82. The van der Waals surface area contributed by atoms with E-state index in [1.54, 1.807) is 30.5 Å². The van der Waals surface area contributed by atoms with E-state index < -0.39 is 6.61 Å². The fourth-order valence-electron chi connectivity index (χ4n) is 1.46. The summed E-state index contributed by atoms with van der Waals surface area (Å²) in [4.78, 5) is 4.18. The number of aromatic nitrogens is 1. The van der Waals surface area contributed by atoms with Crippen molar-refractivity contribution in [3.63, 3.8) is 0 Å². The normalized spacial score (nSPS) is 10.1. The Kier molecular flexibility index (Phi) is 3.54. The van der Waals surface area contributed by atoms with Gasteiger partial charge in [0.1, 0.15) is 5.75 Å². The van der Waals surface area contributed by atoms with Gasteiger partial charge < -0.3 is 4.74 Å². The summed E-state index contributed by atoms with van der Waals surface area (Å²) in [6.07, 6.45) is 6.81. The van der Waals surface area contributed by atoms with Crippen molar-refractivity contribution in [3.8, 4) is 29.4 Å². The third-order valence-electron chi connectivity index (χ3n) is 2.31. The first-order chi connectivity index (χ1) is 8.69. The Bertz CT molecular complexity index is 556. The maximum absolute atomic E-state index is 12.0. The zero-order chi connectivity index (χ0) is 13.0. The van der Waals surface area contributed by atoms with Gasteiger partial charge in [0.25, 0.3) is 0 Å². The largest absolute Gasteiger partial charge is 0.435 e. The van der Waals surface area contributed by atoms with Crippen LogP contribution in [0, 0.1) is 12.3 Å². The molecule has 0 amide bonds. The van der Waals surface area contributed by atoms with Crippen molar-refractivity contribution in [1.29, 1.82) is 0 Å². The van der Waals surface area contributed by atoms with Gasteiger partial charge >= 0.3 is 6.61 Å². The first-order valence-corrected chi connectivity index (χ1v) is 5.17. The van der Waals surface area contributed by atoms with Crippen molar-refractivity contribution >= 4 is 0 Å². The summed E-state index contributed by atoms with van der Waals surface area (Å²) in [5, 5.41) is 0. The lowest BCUT2D eigenvalue weighted by Gasteiger charge is -2.05. The number of pyridine rings is 1. The van der Waals surface area contributed by atoms with Crippen LogP contribution in [0.15, 0.2) is 42.6 Å². The number of hydrogen-bond acceptors (Lipinski definition) is 2. The van der Waals surface area contributed by atoms with Crippen LogP contribution in [0.2, 0.25) is 0 Å². The molecular formula is C14H9F2NO. The molecule has 2 rings (SSSR count). The quantitative estimate of drug-likeness (QED) is 0.774. The summed E-state index contributed by atoms with van der Waals surface area (Å²) >= 11 is 0. The Balaban J connectivity index is 2.20. The van der Waals surface area contributed by atoms with Gasteiger partial charge in [-0.05, 0) is 36.4 Å². The lowest BCUT2D eigenvalue weighted by atomic mass is 10.1. The summed E-state index contributed by atoms with van der Waals surface area (Å²) in [6, 6.07) is 9.81. The van der Waals surface area contributed by atoms with Crippen LogP contribution in [0.5, 0.6) is 5.75 Å². The van der Waals surface area contributed by atoms with Gasteiger partial charge in [0, 0.05) is 17.3 Å². The Morgan fingerprint density at radius 1 is 1.11 bits per heavy atom. The molecule has 0 fully saturated rings. The summed E-state index contributed by atoms with van der Waals surface area (Å²) in [5.74, 6) is 2.59. The van der Waals surface area contributed by atoms with E-state index in [-0.39, 0.29) is 5.75 Å². The van der Waals surface area contributed by atoms with Crippen LogP contribution >= 0.6 is 0 Å². The summed E-state index contributed by atoms with van der Waals surface area (Å²) in [6.45, 7) is -2.82. The molecule has 0 atom stereocenters. The van der Waals surface area contributed by atoms with Gasteiger partial charge in [0.05, 0.1) is 5.69 Å². The average Bonchev–Trinajstić information content (AvgIpc) is 2.39. The number of ether oxygens (including phenoxy) is 1. The molecule has 1 aromatic heterocycles. The highest BCUT2D eigenvalue weighted by molar-refractivity contribution is 5.60. The van der Waals surface area contributed by atoms with Crippen molar-refractivity contribution in [3.05, 3.63) is 48.2 Å². The van der Waals surface area contributed by atoms with Crippen LogP contribution in [-0.2, 0) is 0 Å². The Hall–Kier alpha value is -2.41. The monoisotopic (exact) mass is 245 g/mol. The molecule has 1 aromatic carbocycles. The van der Waals surface area contributed by atoms with E-state index in [1.165, 1.54) is 12.1 Å². The van der Waals surface area contributed by atoms with Gasteiger partial charge in [0.15, 0.2) is 0 Å². The number of rotatable bonds is 3. The smallest absolute Gasteiger partial charge is 0.387 e. The number of terminal acetylenes is 1. The van der Waals surface area contributed by atoms with E-state index in [0.717, 1.165) is 11.3 Å². The maximum atomic E-state index is 12.0. The molecular weight excluding hydrogens is 236 g/mol. The van der Waals surface area contributed by atoms with Gasteiger partial charge in [-0.2, -0.15) is 8.78 Å². The number of halogens is 2. The van der Waals surface area contributed by atoms with Gasteiger partial charge in [-0.25, -0.2) is 0 Å². The van der Waals surface area contributed by atoms with Gasteiger partial charge in [-0.3, -0.25) is 4.98 Å². The molecule has 0 radical (unpaired) electrons. The second kappa shape index (κ2) is 5.28. The van der Waals surface area contributed by atoms with Crippen LogP contribution < -0.4 is 4.74 Å². The van der Waals surface area contributed by atoms with Gasteiger partial charge in [-0.15, -0.1) is 6.42 Å². The standard InChI is InChI=1S/C14H9F2NO/c1-2-10-3-8-13(17-9-10)11-4-6-12(7-5-11)18-14(15)16/h1,3-9,14H. The number of nitrogens with zero attached hydrogens (tertiary/aromatic N) is 1. The lowest BCUT2D eigenvalue weighted by molar-refractivity contribution is -0.0498. The minimum Gasteiger partial charge on any atom is -0.435 e. The predicted molar refractivity (Wildman–Crippen MR) is 64.2 cm³/mol. The Labute approximate surface area is 103 Å².